The van der Waals surface area contributed by atoms with Crippen LogP contribution < -0.4 is 11.1 Å². The monoisotopic (exact) mass is 292 g/mol. The summed E-state index contributed by atoms with van der Waals surface area (Å²) in [7, 11) is 0. The van der Waals surface area contributed by atoms with Gasteiger partial charge >= 0.3 is 0 Å². The molecule has 2 aromatic rings. The number of nitrogens with one attached hydrogen (secondary N) is 1. The van der Waals surface area contributed by atoms with Crippen molar-refractivity contribution in [3.05, 3.63) is 65.2 Å². The van der Waals surface area contributed by atoms with Gasteiger partial charge in [-0.1, -0.05) is 54.1 Å². The second-order valence-corrected chi connectivity index (χ2v) is 5.55. The SMILES string of the molecule is NC(=O)c1cccc(-c2ccccc2)c1C=C1CCNCC1. The fourth-order valence-electron chi connectivity index (χ4n) is 2.90. The molecule has 0 radical (unpaired) electrons. The summed E-state index contributed by atoms with van der Waals surface area (Å²) in [6.45, 7) is 1.98. The van der Waals surface area contributed by atoms with E-state index < -0.39 is 0 Å². The molecule has 3 heteroatoms. The average Bonchev–Trinajstić information content (AvgIpc) is 2.56. The topological polar surface area (TPSA) is 55.1 Å². The number of amides is 1. The average molecular weight is 292 g/mol. The Balaban J connectivity index is 2.14. The molecule has 0 saturated carbocycles. The van der Waals surface area contributed by atoms with Gasteiger partial charge in [-0.25, -0.2) is 0 Å². The first-order chi connectivity index (χ1) is 10.8. The number of nitrogens with two attached hydrogens (primary N) is 1. The van der Waals surface area contributed by atoms with E-state index in [4.69, 9.17) is 5.73 Å². The molecule has 112 valence electrons. The van der Waals surface area contributed by atoms with Crippen LogP contribution in [-0.4, -0.2) is 19.0 Å². The molecule has 0 atom stereocenters. The number of benzene rings is 2. The number of hydrogen-bond acceptors (Lipinski definition) is 2. The highest BCUT2D eigenvalue weighted by atomic mass is 16.1. The first-order valence-corrected chi connectivity index (χ1v) is 7.64. The highest BCUT2D eigenvalue weighted by Gasteiger charge is 2.14. The summed E-state index contributed by atoms with van der Waals surface area (Å²) in [6.07, 6.45) is 4.19. The van der Waals surface area contributed by atoms with Crippen molar-refractivity contribution < 1.29 is 4.79 Å². The van der Waals surface area contributed by atoms with Crippen molar-refractivity contribution in [2.24, 2.45) is 5.73 Å². The van der Waals surface area contributed by atoms with Crippen LogP contribution in [0.3, 0.4) is 0 Å². The van der Waals surface area contributed by atoms with Crippen LogP contribution in [0.4, 0.5) is 0 Å². The Morgan fingerprint density at radius 3 is 2.41 bits per heavy atom. The maximum atomic E-state index is 11.8. The number of rotatable bonds is 3. The van der Waals surface area contributed by atoms with E-state index in [1.54, 1.807) is 0 Å². The van der Waals surface area contributed by atoms with E-state index in [1.807, 2.05) is 30.3 Å². The lowest BCUT2D eigenvalue weighted by molar-refractivity contribution is 0.1000. The molecule has 3 rings (SSSR count). The summed E-state index contributed by atoms with van der Waals surface area (Å²) in [4.78, 5) is 11.8. The quantitative estimate of drug-likeness (QED) is 0.912. The van der Waals surface area contributed by atoms with Crippen molar-refractivity contribution in [2.45, 2.75) is 12.8 Å². The molecule has 22 heavy (non-hydrogen) atoms. The van der Waals surface area contributed by atoms with Crippen molar-refractivity contribution in [2.75, 3.05) is 13.1 Å². The van der Waals surface area contributed by atoms with Gasteiger partial charge in [0.2, 0.25) is 5.91 Å². The third-order valence-electron chi connectivity index (χ3n) is 4.05. The minimum atomic E-state index is -0.376. The zero-order valence-electron chi connectivity index (χ0n) is 12.5. The van der Waals surface area contributed by atoms with Crippen LogP contribution in [0.15, 0.2) is 54.1 Å². The molecule has 1 fully saturated rings. The number of carbonyl (C=O) groups excluding carboxylic acids is 1. The van der Waals surface area contributed by atoms with Crippen molar-refractivity contribution in [3.8, 4) is 11.1 Å². The second-order valence-electron chi connectivity index (χ2n) is 5.55. The maximum absolute atomic E-state index is 11.8. The van der Waals surface area contributed by atoms with Gasteiger partial charge in [0.25, 0.3) is 0 Å². The first kappa shape index (κ1) is 14.5. The molecule has 3 nitrogen and oxygen atoms in total. The van der Waals surface area contributed by atoms with Gasteiger partial charge in [-0.2, -0.15) is 0 Å². The highest BCUT2D eigenvalue weighted by molar-refractivity contribution is 5.99. The van der Waals surface area contributed by atoms with Crippen LogP contribution in [0.25, 0.3) is 17.2 Å². The smallest absolute Gasteiger partial charge is 0.249 e. The number of hydrogen-bond donors (Lipinski definition) is 2. The molecule has 2 aromatic carbocycles. The number of piperidine rings is 1. The lowest BCUT2D eigenvalue weighted by Gasteiger charge is -2.17. The van der Waals surface area contributed by atoms with E-state index >= 15 is 0 Å². The second kappa shape index (κ2) is 6.58. The molecule has 0 aromatic heterocycles. The Hall–Kier alpha value is -2.39. The van der Waals surface area contributed by atoms with Gasteiger partial charge in [-0.05, 0) is 48.7 Å². The summed E-state index contributed by atoms with van der Waals surface area (Å²) >= 11 is 0. The molecule has 0 spiro atoms. The fraction of sp³-hybridized carbons (Fsp3) is 0.211. The minimum Gasteiger partial charge on any atom is -0.366 e. The molecular weight excluding hydrogens is 272 g/mol. The van der Waals surface area contributed by atoms with Gasteiger partial charge < -0.3 is 11.1 Å². The minimum absolute atomic E-state index is 0.376. The lowest BCUT2D eigenvalue weighted by Crippen LogP contribution is -2.23. The molecule has 0 bridgehead atoms. The van der Waals surface area contributed by atoms with Gasteiger partial charge in [-0.15, -0.1) is 0 Å². The molecule has 0 unspecified atom stereocenters. The summed E-state index contributed by atoms with van der Waals surface area (Å²) in [5, 5.41) is 3.35. The largest absolute Gasteiger partial charge is 0.366 e. The molecule has 1 amide bonds. The molecule has 1 heterocycles. The first-order valence-electron chi connectivity index (χ1n) is 7.64. The third kappa shape index (κ3) is 3.10. The fourth-order valence-corrected chi connectivity index (χ4v) is 2.90. The molecular formula is C19H20N2O. The third-order valence-corrected chi connectivity index (χ3v) is 4.05. The zero-order chi connectivity index (χ0) is 15.4. The van der Waals surface area contributed by atoms with E-state index in [2.05, 4.69) is 29.6 Å². The summed E-state index contributed by atoms with van der Waals surface area (Å²) < 4.78 is 0. The Morgan fingerprint density at radius 2 is 1.73 bits per heavy atom. The summed E-state index contributed by atoms with van der Waals surface area (Å²) in [6, 6.07) is 15.9. The van der Waals surface area contributed by atoms with Gasteiger partial charge in [0.05, 0.1) is 0 Å². The molecule has 0 aliphatic carbocycles. The van der Waals surface area contributed by atoms with Crippen molar-refractivity contribution in [1.82, 2.24) is 5.32 Å². The van der Waals surface area contributed by atoms with Crippen LogP contribution in [0.2, 0.25) is 0 Å². The Morgan fingerprint density at radius 1 is 1.00 bits per heavy atom. The van der Waals surface area contributed by atoms with E-state index in [-0.39, 0.29) is 5.91 Å². The van der Waals surface area contributed by atoms with Crippen LogP contribution >= 0.6 is 0 Å². The lowest BCUT2D eigenvalue weighted by atomic mass is 9.92. The molecule has 1 aliphatic heterocycles. The van der Waals surface area contributed by atoms with Crippen LogP contribution in [-0.2, 0) is 0 Å². The summed E-state index contributed by atoms with van der Waals surface area (Å²) in [5.41, 5.74) is 10.6. The Kier molecular flexibility index (Phi) is 4.35. The number of carbonyl (C=O) groups is 1. The van der Waals surface area contributed by atoms with Gasteiger partial charge in [-0.3, -0.25) is 4.79 Å². The molecule has 1 saturated heterocycles. The summed E-state index contributed by atoms with van der Waals surface area (Å²) in [5.74, 6) is -0.376. The van der Waals surface area contributed by atoms with Gasteiger partial charge in [0.1, 0.15) is 0 Å². The van der Waals surface area contributed by atoms with Gasteiger partial charge in [0.15, 0.2) is 0 Å². The number of primary amides is 1. The predicted octanol–water partition coefficient (Wildman–Crippen LogP) is 3.22. The molecule has 1 aliphatic rings. The molecule has 3 N–H and O–H groups in total. The van der Waals surface area contributed by atoms with Crippen LogP contribution in [0.1, 0.15) is 28.8 Å². The maximum Gasteiger partial charge on any atom is 0.249 e. The van der Waals surface area contributed by atoms with Crippen molar-refractivity contribution >= 4 is 12.0 Å². The predicted molar refractivity (Wildman–Crippen MR) is 90.5 cm³/mol. The van der Waals surface area contributed by atoms with E-state index in [9.17, 15) is 4.79 Å². The van der Waals surface area contributed by atoms with E-state index in [0.29, 0.717) is 5.56 Å². The van der Waals surface area contributed by atoms with Crippen molar-refractivity contribution in [3.63, 3.8) is 0 Å². The van der Waals surface area contributed by atoms with Crippen LogP contribution in [0, 0.1) is 0 Å². The van der Waals surface area contributed by atoms with E-state index in [0.717, 1.165) is 42.6 Å². The van der Waals surface area contributed by atoms with E-state index in [1.165, 1.54) is 5.57 Å². The van der Waals surface area contributed by atoms with Gasteiger partial charge in [0, 0.05) is 5.56 Å². The normalized spacial score (nSPS) is 14.6. The van der Waals surface area contributed by atoms with Crippen LogP contribution in [0.5, 0.6) is 0 Å². The highest BCUT2D eigenvalue weighted by Crippen LogP contribution is 2.29. The Bertz CT molecular complexity index is 697. The zero-order valence-corrected chi connectivity index (χ0v) is 12.5. The van der Waals surface area contributed by atoms with Crippen molar-refractivity contribution in [1.29, 1.82) is 0 Å². The standard InChI is InChI=1S/C19H20N2O/c20-19(22)17-8-4-7-16(15-5-2-1-3-6-15)18(17)13-14-9-11-21-12-10-14/h1-8,13,21H,9-12H2,(H2,20,22). The Labute approximate surface area is 130 Å².